The van der Waals surface area contributed by atoms with Gasteiger partial charge < -0.3 is 19.3 Å². The first kappa shape index (κ1) is 11.3. The van der Waals surface area contributed by atoms with Crippen molar-refractivity contribution in [3.8, 4) is 0 Å². The Balaban J connectivity index is 2.74. The van der Waals surface area contributed by atoms with E-state index in [9.17, 15) is 0 Å². The molecule has 4 N–H and O–H groups in total. The van der Waals surface area contributed by atoms with Crippen molar-refractivity contribution in [1.29, 1.82) is 0 Å². The minimum Gasteiger partial charge on any atom is -0.375 e. The van der Waals surface area contributed by atoms with E-state index in [2.05, 4.69) is 0 Å². The van der Waals surface area contributed by atoms with Crippen molar-refractivity contribution in [1.82, 2.24) is 0 Å². The third kappa shape index (κ3) is 2.84. The Labute approximate surface area is 87.6 Å². The molecule has 0 spiro atoms. The highest BCUT2D eigenvalue weighted by Crippen LogP contribution is 2.34. The second-order valence-corrected chi connectivity index (χ2v) is 4.62. The summed E-state index contributed by atoms with van der Waals surface area (Å²) >= 11 is 1.79. The summed E-state index contributed by atoms with van der Waals surface area (Å²) in [6.07, 6.45) is 0. The fraction of sp³-hybridized carbons (Fsp3) is 0.333. The maximum absolute atomic E-state index is 9.17. The molecule has 0 amide bonds. The molecule has 2 atom stereocenters. The largest absolute Gasteiger partial charge is 0.375 e. The lowest BCUT2D eigenvalue weighted by Gasteiger charge is -2.02. The number of hydrogen-bond acceptors (Lipinski definition) is 7. The molecule has 1 aromatic rings. The van der Waals surface area contributed by atoms with Gasteiger partial charge in [-0.05, 0) is 12.1 Å². The first-order valence-electron chi connectivity index (χ1n) is 3.25. The molecule has 7 heteroatoms. The molecule has 1 heterocycles. The second kappa shape index (κ2) is 5.20. The van der Waals surface area contributed by atoms with Gasteiger partial charge in [-0.3, -0.25) is 0 Å². The van der Waals surface area contributed by atoms with E-state index in [0.29, 0.717) is 33.8 Å². The summed E-state index contributed by atoms with van der Waals surface area (Å²) in [6.45, 7) is 0. The van der Waals surface area contributed by atoms with Gasteiger partial charge in [0, 0.05) is 33.8 Å². The molecule has 0 aromatic carbocycles. The van der Waals surface area contributed by atoms with Gasteiger partial charge in [-0.25, -0.2) is 0 Å². The molecular formula is C6H8O4S3. The van der Waals surface area contributed by atoms with Crippen LogP contribution in [0.15, 0.2) is 12.1 Å². The van der Waals surface area contributed by atoms with Crippen LogP contribution in [0.3, 0.4) is 0 Å². The molecule has 0 aliphatic heterocycles. The highest BCUT2D eigenvalue weighted by molar-refractivity contribution is 7.94. The predicted molar refractivity (Wildman–Crippen MR) is 54.7 cm³/mol. The van der Waals surface area contributed by atoms with Crippen molar-refractivity contribution < 1.29 is 19.3 Å². The standard InChI is InChI=1S/C6H8O4S3/c7-5(12-9)3-1-2-4(11-3)6(8)13-10/h1-2,5-10H. The summed E-state index contributed by atoms with van der Waals surface area (Å²) in [4.78, 5) is 1.08. The van der Waals surface area contributed by atoms with Crippen molar-refractivity contribution >= 4 is 35.4 Å². The van der Waals surface area contributed by atoms with Crippen LogP contribution in [0.5, 0.6) is 0 Å². The maximum atomic E-state index is 9.17. The van der Waals surface area contributed by atoms with Gasteiger partial charge in [-0.15, -0.1) is 11.3 Å². The van der Waals surface area contributed by atoms with Crippen molar-refractivity contribution in [2.45, 2.75) is 10.9 Å². The smallest absolute Gasteiger partial charge is 0.159 e. The molecule has 0 aliphatic rings. The Hall–Kier alpha value is 0.240. The van der Waals surface area contributed by atoms with Crippen LogP contribution in [-0.2, 0) is 0 Å². The predicted octanol–water partition coefficient (Wildman–Crippen LogP) is 2.14. The van der Waals surface area contributed by atoms with Gasteiger partial charge in [0.25, 0.3) is 0 Å². The summed E-state index contributed by atoms with van der Waals surface area (Å²) in [5, 5.41) is 18.3. The fourth-order valence-corrected chi connectivity index (χ4v) is 2.40. The summed E-state index contributed by atoms with van der Waals surface area (Å²) in [5.41, 5.74) is -1.98. The monoisotopic (exact) mass is 240 g/mol. The second-order valence-electron chi connectivity index (χ2n) is 2.16. The number of hydrogen-bond donors (Lipinski definition) is 4. The van der Waals surface area contributed by atoms with Crippen LogP contribution in [0.4, 0.5) is 0 Å². The summed E-state index contributed by atoms with van der Waals surface area (Å²) in [7, 11) is 0. The highest BCUT2D eigenvalue weighted by Gasteiger charge is 2.14. The number of aliphatic hydroxyl groups excluding tert-OH is 2. The molecule has 0 bridgehead atoms. The molecule has 74 valence electrons. The molecule has 0 saturated heterocycles. The van der Waals surface area contributed by atoms with Crippen LogP contribution >= 0.6 is 35.4 Å². The van der Waals surface area contributed by atoms with Gasteiger partial charge in [0.05, 0.1) is 0 Å². The zero-order valence-corrected chi connectivity index (χ0v) is 8.77. The molecular weight excluding hydrogens is 232 g/mol. The molecule has 13 heavy (non-hydrogen) atoms. The van der Waals surface area contributed by atoms with Crippen molar-refractivity contribution in [2.24, 2.45) is 0 Å². The number of aliphatic hydroxyl groups is 2. The molecule has 0 aliphatic carbocycles. The Morgan fingerprint density at radius 1 is 1.00 bits per heavy atom. The summed E-state index contributed by atoms with van der Waals surface area (Å²) in [6, 6.07) is 3.18. The van der Waals surface area contributed by atoms with E-state index >= 15 is 0 Å². The van der Waals surface area contributed by atoms with E-state index in [1.54, 1.807) is 12.1 Å². The van der Waals surface area contributed by atoms with E-state index in [1.165, 1.54) is 0 Å². The van der Waals surface area contributed by atoms with Crippen LogP contribution in [0.1, 0.15) is 20.6 Å². The van der Waals surface area contributed by atoms with Crippen LogP contribution in [0.25, 0.3) is 0 Å². The molecule has 1 aromatic heterocycles. The van der Waals surface area contributed by atoms with E-state index in [0.717, 1.165) is 11.3 Å². The summed E-state index contributed by atoms with van der Waals surface area (Å²) in [5.74, 6) is 0. The van der Waals surface area contributed by atoms with Gasteiger partial charge in [-0.1, -0.05) is 0 Å². The minimum atomic E-state index is -0.991. The average Bonchev–Trinajstić information content (AvgIpc) is 2.64. The lowest BCUT2D eigenvalue weighted by atomic mass is 10.4. The molecule has 0 fully saturated rings. The van der Waals surface area contributed by atoms with E-state index in [4.69, 9.17) is 19.3 Å². The topological polar surface area (TPSA) is 80.9 Å². The van der Waals surface area contributed by atoms with Crippen LogP contribution in [0.2, 0.25) is 0 Å². The Kier molecular flexibility index (Phi) is 4.53. The normalized spacial score (nSPS) is 15.7. The van der Waals surface area contributed by atoms with E-state index < -0.39 is 10.9 Å². The highest BCUT2D eigenvalue weighted by atomic mass is 32.2. The lowest BCUT2D eigenvalue weighted by Crippen LogP contribution is -1.86. The van der Waals surface area contributed by atoms with E-state index in [-0.39, 0.29) is 0 Å². The molecule has 0 radical (unpaired) electrons. The van der Waals surface area contributed by atoms with E-state index in [1.807, 2.05) is 0 Å². The van der Waals surface area contributed by atoms with Crippen LogP contribution in [-0.4, -0.2) is 19.3 Å². The number of thiophene rings is 1. The zero-order valence-electron chi connectivity index (χ0n) is 6.32. The molecule has 4 nitrogen and oxygen atoms in total. The first-order valence-corrected chi connectivity index (χ1v) is 5.74. The Morgan fingerprint density at radius 2 is 1.38 bits per heavy atom. The van der Waals surface area contributed by atoms with Gasteiger partial charge >= 0.3 is 0 Å². The lowest BCUT2D eigenvalue weighted by molar-refractivity contribution is 0.265. The van der Waals surface area contributed by atoms with Crippen molar-refractivity contribution in [2.75, 3.05) is 0 Å². The first-order chi connectivity index (χ1) is 6.19. The maximum Gasteiger partial charge on any atom is 0.159 e. The molecule has 0 saturated carbocycles. The summed E-state index contributed by atoms with van der Waals surface area (Å²) < 4.78 is 17.1. The van der Waals surface area contributed by atoms with Gasteiger partial charge in [0.15, 0.2) is 10.9 Å². The van der Waals surface area contributed by atoms with Gasteiger partial charge in [0.2, 0.25) is 0 Å². The zero-order chi connectivity index (χ0) is 9.84. The third-order valence-corrected chi connectivity index (χ3v) is 3.73. The third-order valence-electron chi connectivity index (χ3n) is 1.33. The molecule has 2 unspecified atom stereocenters. The fourth-order valence-electron chi connectivity index (χ4n) is 0.738. The van der Waals surface area contributed by atoms with Gasteiger partial charge in [-0.2, -0.15) is 0 Å². The molecule has 1 rings (SSSR count). The quantitative estimate of drug-likeness (QED) is 0.477. The van der Waals surface area contributed by atoms with Crippen LogP contribution in [0, 0.1) is 0 Å². The average molecular weight is 240 g/mol. The Morgan fingerprint density at radius 3 is 1.69 bits per heavy atom. The SMILES string of the molecule is OSC(O)c1ccc(C(O)SO)s1. The van der Waals surface area contributed by atoms with Crippen molar-refractivity contribution in [3.05, 3.63) is 21.9 Å². The number of rotatable bonds is 4. The van der Waals surface area contributed by atoms with Crippen molar-refractivity contribution in [3.63, 3.8) is 0 Å². The van der Waals surface area contributed by atoms with Gasteiger partial charge in [0.1, 0.15) is 0 Å². The minimum absolute atomic E-state index is 0.326. The Bertz CT molecular complexity index is 240. The van der Waals surface area contributed by atoms with Crippen LogP contribution < -0.4 is 0 Å².